The van der Waals surface area contributed by atoms with Crippen LogP contribution in [0.2, 0.25) is 0 Å². The van der Waals surface area contributed by atoms with E-state index in [-0.39, 0.29) is 5.56 Å². The smallest absolute Gasteiger partial charge is 0.250 e. The molecule has 0 aliphatic rings. The van der Waals surface area contributed by atoms with Crippen molar-refractivity contribution < 1.29 is 0 Å². The first-order valence-electron chi connectivity index (χ1n) is 6.14. The predicted octanol–water partition coefficient (Wildman–Crippen LogP) is 2.10. The van der Waals surface area contributed by atoms with Crippen LogP contribution in [0, 0.1) is 13.8 Å². The lowest BCUT2D eigenvalue weighted by atomic mass is 10.3. The van der Waals surface area contributed by atoms with Gasteiger partial charge in [-0.1, -0.05) is 0 Å². The summed E-state index contributed by atoms with van der Waals surface area (Å²) in [6.45, 7) is 5.41. The maximum absolute atomic E-state index is 11.6. The number of aromatic nitrogens is 3. The van der Waals surface area contributed by atoms with Crippen LogP contribution in [0.1, 0.15) is 17.8 Å². The highest BCUT2D eigenvalue weighted by molar-refractivity contribution is 9.10. The molecule has 0 aromatic carbocycles. The van der Waals surface area contributed by atoms with E-state index in [9.17, 15) is 4.79 Å². The molecule has 0 amide bonds. The molecule has 0 saturated carbocycles. The van der Waals surface area contributed by atoms with Gasteiger partial charge in [0.2, 0.25) is 0 Å². The lowest BCUT2D eigenvalue weighted by Gasteiger charge is -2.07. The van der Waals surface area contributed by atoms with Gasteiger partial charge in [-0.15, -0.1) is 0 Å². The minimum absolute atomic E-state index is 0.0243. The molecule has 2 rings (SSSR count). The summed E-state index contributed by atoms with van der Waals surface area (Å²) in [5.74, 6) is 0. The van der Waals surface area contributed by atoms with Gasteiger partial charge in [0.1, 0.15) is 0 Å². The summed E-state index contributed by atoms with van der Waals surface area (Å²) in [5.41, 5.74) is 8.35. The zero-order chi connectivity index (χ0) is 14.0. The molecule has 2 heterocycles. The summed E-state index contributed by atoms with van der Waals surface area (Å²) in [4.78, 5) is 11.6. The summed E-state index contributed by atoms with van der Waals surface area (Å²) in [6, 6.07) is 3.12. The van der Waals surface area contributed by atoms with Crippen molar-refractivity contribution in [2.24, 2.45) is 0 Å². The highest BCUT2D eigenvalue weighted by Crippen LogP contribution is 2.19. The number of pyridine rings is 1. The Morgan fingerprint density at radius 3 is 2.68 bits per heavy atom. The van der Waals surface area contributed by atoms with Gasteiger partial charge in [0, 0.05) is 36.7 Å². The molecular formula is C13H17BrN4O. The Morgan fingerprint density at radius 1 is 1.32 bits per heavy atom. The Morgan fingerprint density at radius 2 is 2.05 bits per heavy atom. The maximum Gasteiger partial charge on any atom is 0.250 e. The molecule has 102 valence electrons. The molecule has 0 saturated heterocycles. The molecule has 19 heavy (non-hydrogen) atoms. The van der Waals surface area contributed by atoms with Gasteiger partial charge >= 0.3 is 0 Å². The van der Waals surface area contributed by atoms with Crippen LogP contribution in [-0.2, 0) is 13.1 Å². The van der Waals surface area contributed by atoms with Crippen LogP contribution in [0.4, 0.5) is 5.69 Å². The SMILES string of the molecule is Cc1nn(CCCn2cc(N)ccc2=O)c(C)c1Br. The molecule has 2 aromatic heterocycles. The van der Waals surface area contributed by atoms with Crippen LogP contribution in [0.3, 0.4) is 0 Å². The van der Waals surface area contributed by atoms with Gasteiger partial charge in [-0.05, 0) is 42.3 Å². The van der Waals surface area contributed by atoms with Gasteiger partial charge in [0.05, 0.1) is 10.2 Å². The van der Waals surface area contributed by atoms with Gasteiger partial charge in [-0.25, -0.2) is 0 Å². The van der Waals surface area contributed by atoms with E-state index in [1.807, 2.05) is 18.5 Å². The monoisotopic (exact) mass is 324 g/mol. The van der Waals surface area contributed by atoms with E-state index in [1.165, 1.54) is 6.07 Å². The first-order chi connectivity index (χ1) is 8.99. The molecular weight excluding hydrogens is 308 g/mol. The van der Waals surface area contributed by atoms with Gasteiger partial charge in [-0.2, -0.15) is 5.10 Å². The number of hydrogen-bond donors (Lipinski definition) is 1. The Hall–Kier alpha value is -1.56. The molecule has 5 nitrogen and oxygen atoms in total. The summed E-state index contributed by atoms with van der Waals surface area (Å²) < 4.78 is 4.64. The van der Waals surface area contributed by atoms with Crippen molar-refractivity contribution in [2.45, 2.75) is 33.4 Å². The zero-order valence-electron chi connectivity index (χ0n) is 11.1. The standard InChI is InChI=1S/C13H17BrN4O/c1-9-13(14)10(2)18(16-9)7-3-6-17-8-11(15)4-5-12(17)19/h4-5,8H,3,6-7,15H2,1-2H3. The molecule has 2 N–H and O–H groups in total. The molecule has 2 aromatic rings. The van der Waals surface area contributed by atoms with E-state index in [0.717, 1.165) is 28.8 Å². The average molecular weight is 325 g/mol. The molecule has 0 aliphatic heterocycles. The molecule has 0 spiro atoms. The number of nitrogen functional groups attached to an aromatic ring is 1. The van der Waals surface area contributed by atoms with Crippen LogP contribution in [0.25, 0.3) is 0 Å². The summed E-state index contributed by atoms with van der Waals surface area (Å²) in [7, 11) is 0. The Bertz CT molecular complexity index is 645. The topological polar surface area (TPSA) is 65.8 Å². The van der Waals surface area contributed by atoms with Crippen molar-refractivity contribution in [3.05, 3.63) is 44.5 Å². The van der Waals surface area contributed by atoms with Crippen molar-refractivity contribution >= 4 is 21.6 Å². The van der Waals surface area contributed by atoms with E-state index >= 15 is 0 Å². The normalized spacial score (nSPS) is 10.9. The Kier molecular flexibility index (Phi) is 4.09. The third-order valence-corrected chi connectivity index (χ3v) is 4.22. The van der Waals surface area contributed by atoms with Crippen LogP contribution in [0.15, 0.2) is 27.6 Å². The fourth-order valence-corrected chi connectivity index (χ4v) is 2.29. The zero-order valence-corrected chi connectivity index (χ0v) is 12.6. The Balaban J connectivity index is 2.02. The van der Waals surface area contributed by atoms with Gasteiger partial charge in [0.25, 0.3) is 5.56 Å². The molecule has 0 atom stereocenters. The number of rotatable bonds is 4. The third-order valence-electron chi connectivity index (χ3n) is 3.07. The summed E-state index contributed by atoms with van der Waals surface area (Å²) in [5, 5.41) is 4.44. The van der Waals surface area contributed by atoms with Crippen molar-refractivity contribution in [1.29, 1.82) is 0 Å². The number of aryl methyl sites for hydroxylation is 3. The fraction of sp³-hybridized carbons (Fsp3) is 0.385. The first-order valence-corrected chi connectivity index (χ1v) is 6.94. The molecule has 0 radical (unpaired) electrons. The van der Waals surface area contributed by atoms with Crippen molar-refractivity contribution in [1.82, 2.24) is 14.3 Å². The van der Waals surface area contributed by atoms with E-state index in [4.69, 9.17) is 5.73 Å². The third kappa shape index (κ3) is 3.07. The number of halogens is 1. The first kappa shape index (κ1) is 13.9. The molecule has 6 heteroatoms. The van der Waals surface area contributed by atoms with E-state index in [1.54, 1.807) is 16.8 Å². The van der Waals surface area contributed by atoms with Crippen molar-refractivity contribution in [3.63, 3.8) is 0 Å². The number of hydrogen-bond acceptors (Lipinski definition) is 3. The van der Waals surface area contributed by atoms with Crippen LogP contribution in [0.5, 0.6) is 0 Å². The predicted molar refractivity (Wildman–Crippen MR) is 79.1 cm³/mol. The number of nitrogens with two attached hydrogens (primary N) is 1. The van der Waals surface area contributed by atoms with Gasteiger partial charge < -0.3 is 10.3 Å². The highest BCUT2D eigenvalue weighted by atomic mass is 79.9. The minimum atomic E-state index is -0.0243. The molecule has 0 unspecified atom stereocenters. The van der Waals surface area contributed by atoms with Crippen LogP contribution >= 0.6 is 15.9 Å². The molecule has 0 bridgehead atoms. The van der Waals surface area contributed by atoms with E-state index in [2.05, 4.69) is 21.0 Å². The lowest BCUT2D eigenvalue weighted by Crippen LogP contribution is -2.20. The van der Waals surface area contributed by atoms with E-state index < -0.39 is 0 Å². The van der Waals surface area contributed by atoms with Crippen molar-refractivity contribution in [3.8, 4) is 0 Å². The number of anilines is 1. The minimum Gasteiger partial charge on any atom is -0.398 e. The fourth-order valence-electron chi connectivity index (χ4n) is 2.01. The van der Waals surface area contributed by atoms with Crippen molar-refractivity contribution in [2.75, 3.05) is 5.73 Å². The largest absolute Gasteiger partial charge is 0.398 e. The van der Waals surface area contributed by atoms with Crippen LogP contribution < -0.4 is 11.3 Å². The van der Waals surface area contributed by atoms with Gasteiger partial charge in [0.15, 0.2) is 0 Å². The second-order valence-electron chi connectivity index (χ2n) is 4.56. The van der Waals surface area contributed by atoms with Crippen LogP contribution in [-0.4, -0.2) is 14.3 Å². The summed E-state index contributed by atoms with van der Waals surface area (Å²) in [6.07, 6.45) is 2.51. The summed E-state index contributed by atoms with van der Waals surface area (Å²) >= 11 is 3.50. The lowest BCUT2D eigenvalue weighted by molar-refractivity contribution is 0.510. The Labute approximate surface area is 120 Å². The van der Waals surface area contributed by atoms with E-state index in [0.29, 0.717) is 12.2 Å². The average Bonchev–Trinajstić information content (AvgIpc) is 2.61. The quantitative estimate of drug-likeness (QED) is 0.936. The highest BCUT2D eigenvalue weighted by Gasteiger charge is 2.08. The second kappa shape index (κ2) is 5.61. The van der Waals surface area contributed by atoms with Gasteiger partial charge in [-0.3, -0.25) is 9.48 Å². The molecule has 0 fully saturated rings. The number of nitrogens with zero attached hydrogens (tertiary/aromatic N) is 3. The maximum atomic E-state index is 11.6. The molecule has 0 aliphatic carbocycles. The second-order valence-corrected chi connectivity index (χ2v) is 5.35.